The molecule has 0 aromatic carbocycles. The van der Waals surface area contributed by atoms with Crippen molar-refractivity contribution < 1.29 is 19.1 Å². The van der Waals surface area contributed by atoms with Gasteiger partial charge in [-0.1, -0.05) is 13.8 Å². The molecule has 3 atom stereocenters. The summed E-state index contributed by atoms with van der Waals surface area (Å²) in [4.78, 5) is 35.4. The molecule has 1 aliphatic heterocycles. The number of rotatable bonds is 7. The van der Waals surface area contributed by atoms with E-state index < -0.39 is 24.0 Å². The molecule has 0 aromatic heterocycles. The van der Waals surface area contributed by atoms with Gasteiger partial charge in [-0.15, -0.1) is 0 Å². The van der Waals surface area contributed by atoms with Gasteiger partial charge in [0.2, 0.25) is 11.8 Å². The van der Waals surface area contributed by atoms with Crippen molar-refractivity contribution in [1.82, 2.24) is 10.6 Å². The molecular weight excluding hydrogens is 274 g/mol. The molecule has 7 nitrogen and oxygen atoms in total. The highest BCUT2D eigenvalue weighted by Crippen LogP contribution is 2.17. The fraction of sp³-hybridized carbons (Fsp3) is 0.786. The lowest BCUT2D eigenvalue weighted by molar-refractivity contribution is -0.146. The second-order valence-electron chi connectivity index (χ2n) is 5.83. The molecule has 1 heterocycles. The highest BCUT2D eigenvalue weighted by Gasteiger charge is 2.32. The predicted molar refractivity (Wildman–Crippen MR) is 77.1 cm³/mol. The summed E-state index contributed by atoms with van der Waals surface area (Å²) in [6.07, 6.45) is 1.42. The summed E-state index contributed by atoms with van der Waals surface area (Å²) in [6.45, 7) is 4.53. The fourth-order valence-corrected chi connectivity index (χ4v) is 2.40. The Morgan fingerprint density at radius 2 is 2.14 bits per heavy atom. The van der Waals surface area contributed by atoms with Gasteiger partial charge < -0.3 is 21.1 Å². The summed E-state index contributed by atoms with van der Waals surface area (Å²) in [5.41, 5.74) is 5.80. The number of nitrogens with two attached hydrogens (primary N) is 1. The van der Waals surface area contributed by atoms with Crippen molar-refractivity contribution in [3.05, 3.63) is 0 Å². The van der Waals surface area contributed by atoms with Crippen LogP contribution in [0.25, 0.3) is 0 Å². The van der Waals surface area contributed by atoms with E-state index >= 15 is 0 Å². The van der Waals surface area contributed by atoms with Crippen LogP contribution < -0.4 is 16.4 Å². The third-order valence-electron chi connectivity index (χ3n) is 3.55. The lowest BCUT2D eigenvalue weighted by Gasteiger charge is -2.21. The second-order valence-corrected chi connectivity index (χ2v) is 5.83. The van der Waals surface area contributed by atoms with E-state index in [0.717, 1.165) is 0 Å². The van der Waals surface area contributed by atoms with Crippen LogP contribution >= 0.6 is 0 Å². The first kappa shape index (κ1) is 17.4. The molecule has 1 saturated heterocycles. The molecule has 0 radical (unpaired) electrons. The number of amides is 2. The van der Waals surface area contributed by atoms with Crippen LogP contribution in [0.5, 0.6) is 0 Å². The first-order chi connectivity index (χ1) is 9.85. The zero-order chi connectivity index (χ0) is 16.0. The summed E-state index contributed by atoms with van der Waals surface area (Å²) in [5.74, 6) is -1.04. The maximum absolute atomic E-state index is 12.0. The van der Waals surface area contributed by atoms with Gasteiger partial charge in [0, 0.05) is 12.5 Å². The molecule has 1 unspecified atom stereocenters. The maximum atomic E-state index is 12.0. The molecule has 120 valence electrons. The van der Waals surface area contributed by atoms with E-state index in [1.165, 1.54) is 7.11 Å². The van der Waals surface area contributed by atoms with Gasteiger partial charge in [0.15, 0.2) is 0 Å². The Morgan fingerprint density at radius 3 is 2.62 bits per heavy atom. The molecule has 0 bridgehead atoms. The summed E-state index contributed by atoms with van der Waals surface area (Å²) in [6, 6.07) is -1.51. The van der Waals surface area contributed by atoms with E-state index in [9.17, 15) is 14.4 Å². The zero-order valence-corrected chi connectivity index (χ0v) is 12.8. The number of esters is 1. The van der Waals surface area contributed by atoms with Crippen LogP contribution in [0.2, 0.25) is 0 Å². The normalized spacial score (nSPS) is 20.8. The minimum absolute atomic E-state index is 0.0929. The summed E-state index contributed by atoms with van der Waals surface area (Å²) in [5, 5.41) is 5.31. The smallest absolute Gasteiger partial charge is 0.328 e. The van der Waals surface area contributed by atoms with Crippen LogP contribution in [0.4, 0.5) is 0 Å². The van der Waals surface area contributed by atoms with Gasteiger partial charge in [-0.25, -0.2) is 4.79 Å². The van der Waals surface area contributed by atoms with Crippen molar-refractivity contribution in [2.75, 3.05) is 13.7 Å². The van der Waals surface area contributed by atoms with E-state index in [1.54, 1.807) is 0 Å². The van der Waals surface area contributed by atoms with Crippen molar-refractivity contribution in [3.63, 3.8) is 0 Å². The number of hydrogen-bond donors (Lipinski definition) is 3. The van der Waals surface area contributed by atoms with Gasteiger partial charge in [0.25, 0.3) is 0 Å². The van der Waals surface area contributed by atoms with Crippen LogP contribution in [0.3, 0.4) is 0 Å². The molecule has 7 heteroatoms. The van der Waals surface area contributed by atoms with Crippen LogP contribution in [0, 0.1) is 11.8 Å². The average Bonchev–Trinajstić information content (AvgIpc) is 2.81. The monoisotopic (exact) mass is 299 g/mol. The second kappa shape index (κ2) is 7.97. The lowest BCUT2D eigenvalue weighted by atomic mass is 9.97. The molecule has 1 aliphatic rings. The molecule has 0 aromatic rings. The molecule has 0 spiro atoms. The van der Waals surface area contributed by atoms with Crippen molar-refractivity contribution in [2.24, 2.45) is 17.6 Å². The Labute approximate surface area is 125 Å². The van der Waals surface area contributed by atoms with Gasteiger partial charge >= 0.3 is 5.97 Å². The summed E-state index contributed by atoms with van der Waals surface area (Å²) < 4.78 is 4.69. The van der Waals surface area contributed by atoms with Crippen LogP contribution in [0.1, 0.15) is 33.1 Å². The Balaban J connectivity index is 2.63. The summed E-state index contributed by atoms with van der Waals surface area (Å²) >= 11 is 0. The molecule has 0 saturated carbocycles. The number of hydrogen-bond acceptors (Lipinski definition) is 5. The van der Waals surface area contributed by atoms with E-state index in [4.69, 9.17) is 10.5 Å². The van der Waals surface area contributed by atoms with Gasteiger partial charge in [-0.2, -0.15) is 0 Å². The Kier molecular flexibility index (Phi) is 6.61. The molecular formula is C14H25N3O4. The number of ether oxygens (including phenoxy) is 1. The fourth-order valence-electron chi connectivity index (χ4n) is 2.40. The molecule has 0 aliphatic carbocycles. The minimum atomic E-state index is -0.838. The molecule has 1 fully saturated rings. The average molecular weight is 299 g/mol. The SMILES string of the molecule is COC(=O)[C@H](CC1CCNC1=O)NC(=O)[C@H](N)CC(C)C. The Bertz CT molecular complexity index is 398. The van der Waals surface area contributed by atoms with Crippen molar-refractivity contribution in [1.29, 1.82) is 0 Å². The van der Waals surface area contributed by atoms with E-state index in [-0.39, 0.29) is 24.2 Å². The van der Waals surface area contributed by atoms with Crippen LogP contribution in [-0.4, -0.2) is 43.5 Å². The van der Waals surface area contributed by atoms with Gasteiger partial charge in [-0.05, 0) is 25.2 Å². The topological polar surface area (TPSA) is 111 Å². The summed E-state index contributed by atoms with van der Waals surface area (Å²) in [7, 11) is 1.25. The zero-order valence-electron chi connectivity index (χ0n) is 12.8. The highest BCUT2D eigenvalue weighted by molar-refractivity contribution is 5.88. The maximum Gasteiger partial charge on any atom is 0.328 e. The predicted octanol–water partition coefficient (Wildman–Crippen LogP) is -0.456. The third kappa shape index (κ3) is 5.34. The molecule has 1 rings (SSSR count). The molecule has 21 heavy (non-hydrogen) atoms. The number of methoxy groups -OCH3 is 1. The first-order valence-electron chi connectivity index (χ1n) is 7.26. The number of carbonyl (C=O) groups is 3. The molecule has 2 amide bonds. The Morgan fingerprint density at radius 1 is 1.48 bits per heavy atom. The third-order valence-corrected chi connectivity index (χ3v) is 3.55. The largest absolute Gasteiger partial charge is 0.467 e. The number of carbonyl (C=O) groups excluding carboxylic acids is 3. The van der Waals surface area contributed by atoms with Gasteiger partial charge in [-0.3, -0.25) is 9.59 Å². The first-order valence-corrected chi connectivity index (χ1v) is 7.26. The number of nitrogens with one attached hydrogen (secondary N) is 2. The Hall–Kier alpha value is -1.63. The lowest BCUT2D eigenvalue weighted by Crippen LogP contribution is -2.50. The quantitative estimate of drug-likeness (QED) is 0.551. The van der Waals surface area contributed by atoms with Crippen molar-refractivity contribution >= 4 is 17.8 Å². The van der Waals surface area contributed by atoms with E-state index in [1.807, 2.05) is 13.8 Å². The van der Waals surface area contributed by atoms with Crippen molar-refractivity contribution in [2.45, 2.75) is 45.2 Å². The standard InChI is InChI=1S/C14H25N3O4/c1-8(2)6-10(15)13(19)17-11(14(20)21-3)7-9-4-5-16-12(9)18/h8-11H,4-7,15H2,1-3H3,(H,16,18)(H,17,19)/t9?,10-,11+/m1/s1. The van der Waals surface area contributed by atoms with E-state index in [0.29, 0.717) is 19.4 Å². The van der Waals surface area contributed by atoms with Crippen LogP contribution in [-0.2, 0) is 19.1 Å². The van der Waals surface area contributed by atoms with Crippen molar-refractivity contribution in [3.8, 4) is 0 Å². The molecule has 4 N–H and O–H groups in total. The van der Waals surface area contributed by atoms with Gasteiger partial charge in [0.05, 0.1) is 13.2 Å². The minimum Gasteiger partial charge on any atom is -0.467 e. The van der Waals surface area contributed by atoms with E-state index in [2.05, 4.69) is 10.6 Å². The van der Waals surface area contributed by atoms with Crippen LogP contribution in [0.15, 0.2) is 0 Å². The highest BCUT2D eigenvalue weighted by atomic mass is 16.5. The van der Waals surface area contributed by atoms with Gasteiger partial charge in [0.1, 0.15) is 6.04 Å².